The molecule has 0 nitrogen and oxygen atoms in total. The second-order valence-corrected chi connectivity index (χ2v) is 8.96. The maximum Gasteiger partial charge on any atom is -0.0289 e. The maximum absolute atomic E-state index is 2.58. The minimum atomic E-state index is 0.709. The van der Waals surface area contributed by atoms with Crippen LogP contribution in [0.2, 0.25) is 0 Å². The zero-order valence-electron chi connectivity index (χ0n) is 14.2. The van der Waals surface area contributed by atoms with Gasteiger partial charge in [0, 0.05) is 0 Å². The maximum atomic E-state index is 2.58. The third kappa shape index (κ3) is 3.76. The molecule has 0 heterocycles. The van der Waals surface area contributed by atoms with E-state index in [0.717, 1.165) is 35.5 Å². The van der Waals surface area contributed by atoms with Crippen LogP contribution in [0, 0.1) is 40.9 Å². The first-order valence-electron chi connectivity index (χ1n) is 8.82. The molecule has 0 amide bonds. The quantitative estimate of drug-likeness (QED) is 0.539. The van der Waals surface area contributed by atoms with Crippen molar-refractivity contribution in [2.24, 2.45) is 40.9 Å². The van der Waals surface area contributed by atoms with E-state index in [-0.39, 0.29) is 0 Å². The predicted molar refractivity (Wildman–Crippen MR) is 85.1 cm³/mol. The van der Waals surface area contributed by atoms with Crippen LogP contribution in [-0.2, 0) is 0 Å². The molecule has 0 aromatic heterocycles. The largest absolute Gasteiger partial charge is 0.0628 e. The molecule has 0 radical (unpaired) electrons. The van der Waals surface area contributed by atoms with Gasteiger partial charge in [-0.05, 0) is 73.0 Å². The van der Waals surface area contributed by atoms with Gasteiger partial charge in [-0.25, -0.2) is 0 Å². The summed E-state index contributed by atoms with van der Waals surface area (Å²) in [4.78, 5) is 0. The lowest BCUT2D eigenvalue weighted by molar-refractivity contribution is 0.273. The molecule has 2 saturated carbocycles. The van der Waals surface area contributed by atoms with Crippen LogP contribution in [0.1, 0.15) is 80.1 Å². The molecule has 5 atom stereocenters. The number of hydrogen-bond acceptors (Lipinski definition) is 0. The molecular weight excluding hydrogens is 228 g/mol. The van der Waals surface area contributed by atoms with E-state index in [2.05, 4.69) is 41.5 Å². The van der Waals surface area contributed by atoms with Gasteiger partial charge in [0.1, 0.15) is 0 Å². The third-order valence-corrected chi connectivity index (χ3v) is 6.30. The minimum absolute atomic E-state index is 0.709. The van der Waals surface area contributed by atoms with Crippen molar-refractivity contribution in [3.8, 4) is 0 Å². The molecule has 0 N–H and O–H groups in total. The highest BCUT2D eigenvalue weighted by molar-refractivity contribution is 5.04. The number of rotatable bonds is 6. The molecule has 2 aliphatic rings. The second kappa shape index (κ2) is 5.78. The lowest BCUT2D eigenvalue weighted by atomic mass is 9.83. The van der Waals surface area contributed by atoms with Crippen LogP contribution < -0.4 is 0 Å². The second-order valence-electron chi connectivity index (χ2n) is 8.96. The Bertz CT molecular complexity index is 290. The summed E-state index contributed by atoms with van der Waals surface area (Å²) < 4.78 is 0. The average molecular weight is 264 g/mol. The SMILES string of the molecule is CC(C)CC1CCC(C2CC2(C)CC(C)C(C)C)C1. The van der Waals surface area contributed by atoms with E-state index in [1.165, 1.54) is 32.1 Å². The molecule has 0 spiro atoms. The minimum Gasteiger partial charge on any atom is -0.0628 e. The Morgan fingerprint density at radius 3 is 2.32 bits per heavy atom. The van der Waals surface area contributed by atoms with Gasteiger partial charge in [0.05, 0.1) is 0 Å². The van der Waals surface area contributed by atoms with E-state index in [1.54, 1.807) is 6.42 Å². The molecule has 0 saturated heterocycles. The van der Waals surface area contributed by atoms with Crippen LogP contribution in [0.15, 0.2) is 0 Å². The van der Waals surface area contributed by atoms with E-state index < -0.39 is 0 Å². The van der Waals surface area contributed by atoms with Crippen molar-refractivity contribution in [3.05, 3.63) is 0 Å². The first-order valence-corrected chi connectivity index (χ1v) is 8.82. The molecule has 2 rings (SSSR count). The van der Waals surface area contributed by atoms with Crippen LogP contribution in [0.5, 0.6) is 0 Å². The Morgan fingerprint density at radius 2 is 1.74 bits per heavy atom. The highest BCUT2D eigenvalue weighted by atomic mass is 14.6. The summed E-state index contributed by atoms with van der Waals surface area (Å²) in [6.45, 7) is 14.6. The Morgan fingerprint density at radius 1 is 1.05 bits per heavy atom. The van der Waals surface area contributed by atoms with Crippen LogP contribution >= 0.6 is 0 Å². The molecule has 0 aliphatic heterocycles. The molecule has 2 aliphatic carbocycles. The Labute approximate surface area is 121 Å². The summed E-state index contributed by atoms with van der Waals surface area (Å²) in [6, 6.07) is 0. The van der Waals surface area contributed by atoms with Gasteiger partial charge in [0.2, 0.25) is 0 Å². The Kier molecular flexibility index (Phi) is 4.68. The van der Waals surface area contributed by atoms with E-state index in [1.807, 2.05) is 0 Å². The highest BCUT2D eigenvalue weighted by Crippen LogP contribution is 2.63. The molecule has 5 unspecified atom stereocenters. The van der Waals surface area contributed by atoms with Crippen LogP contribution in [0.4, 0.5) is 0 Å². The first kappa shape index (κ1) is 15.4. The van der Waals surface area contributed by atoms with Gasteiger partial charge in [-0.15, -0.1) is 0 Å². The van der Waals surface area contributed by atoms with Crippen molar-refractivity contribution in [1.82, 2.24) is 0 Å². The van der Waals surface area contributed by atoms with E-state index in [4.69, 9.17) is 0 Å². The fourth-order valence-electron chi connectivity index (χ4n) is 4.74. The van der Waals surface area contributed by atoms with Crippen molar-refractivity contribution < 1.29 is 0 Å². The summed E-state index contributed by atoms with van der Waals surface area (Å²) in [5, 5.41) is 0. The van der Waals surface area contributed by atoms with Gasteiger partial charge in [0.25, 0.3) is 0 Å². The van der Waals surface area contributed by atoms with E-state index in [0.29, 0.717) is 5.41 Å². The molecule has 19 heavy (non-hydrogen) atoms. The molecule has 0 heteroatoms. The normalized spacial score (nSPS) is 40.1. The monoisotopic (exact) mass is 264 g/mol. The molecular formula is C19H36. The van der Waals surface area contributed by atoms with Crippen LogP contribution in [0.25, 0.3) is 0 Å². The summed E-state index contributed by atoms with van der Waals surface area (Å²) >= 11 is 0. The van der Waals surface area contributed by atoms with Crippen molar-refractivity contribution in [3.63, 3.8) is 0 Å². The first-order chi connectivity index (χ1) is 8.82. The molecule has 0 aromatic carbocycles. The fraction of sp³-hybridized carbons (Fsp3) is 1.00. The van der Waals surface area contributed by atoms with Crippen molar-refractivity contribution in [2.45, 2.75) is 80.1 Å². The van der Waals surface area contributed by atoms with Crippen molar-refractivity contribution in [1.29, 1.82) is 0 Å². The van der Waals surface area contributed by atoms with E-state index in [9.17, 15) is 0 Å². The topological polar surface area (TPSA) is 0 Å². The predicted octanol–water partition coefficient (Wildman–Crippen LogP) is 6.16. The Balaban J connectivity index is 1.79. The van der Waals surface area contributed by atoms with Gasteiger partial charge in [0.15, 0.2) is 0 Å². The standard InChI is InChI=1S/C19H36/c1-13(2)9-16-7-8-17(10-16)18-12-19(18,6)11-15(5)14(3)4/h13-18H,7-12H2,1-6H3. The zero-order chi connectivity index (χ0) is 14.2. The summed E-state index contributed by atoms with van der Waals surface area (Å²) in [7, 11) is 0. The third-order valence-electron chi connectivity index (χ3n) is 6.30. The zero-order valence-corrected chi connectivity index (χ0v) is 14.2. The Hall–Kier alpha value is 0. The molecule has 0 bridgehead atoms. The summed E-state index contributed by atoms with van der Waals surface area (Å²) in [6.07, 6.45) is 9.09. The van der Waals surface area contributed by atoms with Gasteiger partial charge in [-0.3, -0.25) is 0 Å². The highest BCUT2D eigenvalue weighted by Gasteiger charge is 2.54. The van der Waals surface area contributed by atoms with Gasteiger partial charge >= 0.3 is 0 Å². The summed E-state index contributed by atoms with van der Waals surface area (Å²) in [5.41, 5.74) is 0.709. The lowest BCUT2D eigenvalue weighted by Gasteiger charge is -2.22. The lowest BCUT2D eigenvalue weighted by Crippen LogP contribution is -2.14. The van der Waals surface area contributed by atoms with Crippen LogP contribution in [-0.4, -0.2) is 0 Å². The van der Waals surface area contributed by atoms with Crippen molar-refractivity contribution >= 4 is 0 Å². The summed E-state index contributed by atoms with van der Waals surface area (Å²) in [5.74, 6) is 5.87. The molecule has 0 aromatic rings. The number of hydrogen-bond donors (Lipinski definition) is 0. The average Bonchev–Trinajstić information content (AvgIpc) is 2.74. The van der Waals surface area contributed by atoms with Gasteiger partial charge in [-0.1, -0.05) is 48.0 Å². The van der Waals surface area contributed by atoms with E-state index >= 15 is 0 Å². The van der Waals surface area contributed by atoms with Gasteiger partial charge in [-0.2, -0.15) is 0 Å². The van der Waals surface area contributed by atoms with Crippen LogP contribution in [0.3, 0.4) is 0 Å². The molecule has 112 valence electrons. The van der Waals surface area contributed by atoms with Crippen molar-refractivity contribution in [2.75, 3.05) is 0 Å². The molecule has 2 fully saturated rings. The smallest absolute Gasteiger partial charge is 0.0289 e. The fourth-order valence-corrected chi connectivity index (χ4v) is 4.74. The van der Waals surface area contributed by atoms with Gasteiger partial charge < -0.3 is 0 Å².